The number of carboxylic acid groups (broad SMARTS) is 1. The summed E-state index contributed by atoms with van der Waals surface area (Å²) in [5.74, 6) is -0.966. The first-order valence-corrected chi connectivity index (χ1v) is 3.90. The molecule has 4 heteroatoms. The standard InChI is InChI=1S/C7H8O3S/c1-4-2-5(3-8)6(11-4)7(9)10/h2,8H,3H2,1H3,(H,9,10). The second kappa shape index (κ2) is 3.02. The molecule has 0 aromatic carbocycles. The lowest BCUT2D eigenvalue weighted by Gasteiger charge is -1.90. The predicted octanol–water partition coefficient (Wildman–Crippen LogP) is 1.25. The zero-order valence-electron chi connectivity index (χ0n) is 6.00. The monoisotopic (exact) mass is 172 g/mol. The summed E-state index contributed by atoms with van der Waals surface area (Å²) in [5, 5.41) is 17.3. The fourth-order valence-corrected chi connectivity index (χ4v) is 1.73. The van der Waals surface area contributed by atoms with Gasteiger partial charge in [-0.15, -0.1) is 11.3 Å². The van der Waals surface area contributed by atoms with E-state index in [-0.39, 0.29) is 11.5 Å². The maximum atomic E-state index is 10.5. The maximum absolute atomic E-state index is 10.5. The summed E-state index contributed by atoms with van der Waals surface area (Å²) in [7, 11) is 0. The van der Waals surface area contributed by atoms with Gasteiger partial charge >= 0.3 is 5.97 Å². The summed E-state index contributed by atoms with van der Waals surface area (Å²) in [6.45, 7) is 1.61. The first kappa shape index (κ1) is 8.23. The van der Waals surface area contributed by atoms with Crippen LogP contribution in [0.5, 0.6) is 0 Å². The average Bonchev–Trinajstić information content (AvgIpc) is 2.30. The second-order valence-electron chi connectivity index (χ2n) is 2.17. The van der Waals surface area contributed by atoms with E-state index in [1.165, 1.54) is 11.3 Å². The fraction of sp³-hybridized carbons (Fsp3) is 0.286. The number of aliphatic hydroxyl groups is 1. The van der Waals surface area contributed by atoms with Gasteiger partial charge in [0.2, 0.25) is 0 Å². The number of hydrogen-bond donors (Lipinski definition) is 2. The Labute approximate surface area is 67.9 Å². The highest BCUT2D eigenvalue weighted by molar-refractivity contribution is 7.14. The Morgan fingerprint density at radius 2 is 2.36 bits per heavy atom. The van der Waals surface area contributed by atoms with Gasteiger partial charge in [0.15, 0.2) is 0 Å². The van der Waals surface area contributed by atoms with Crippen LogP contribution >= 0.6 is 11.3 Å². The highest BCUT2D eigenvalue weighted by atomic mass is 32.1. The Kier molecular flexibility index (Phi) is 2.26. The van der Waals surface area contributed by atoms with Crippen LogP contribution in [0, 0.1) is 6.92 Å². The third-order valence-electron chi connectivity index (χ3n) is 1.30. The summed E-state index contributed by atoms with van der Waals surface area (Å²) in [6, 6.07) is 1.69. The molecule has 60 valence electrons. The number of carboxylic acids is 1. The first-order valence-electron chi connectivity index (χ1n) is 3.08. The summed E-state index contributed by atoms with van der Waals surface area (Å²) >= 11 is 1.19. The molecule has 0 bridgehead atoms. The number of carbonyl (C=O) groups is 1. The molecule has 1 heterocycles. The number of aromatic carboxylic acids is 1. The van der Waals surface area contributed by atoms with Crippen molar-refractivity contribution < 1.29 is 15.0 Å². The highest BCUT2D eigenvalue weighted by Gasteiger charge is 2.12. The number of rotatable bonds is 2. The van der Waals surface area contributed by atoms with Crippen molar-refractivity contribution in [1.29, 1.82) is 0 Å². The van der Waals surface area contributed by atoms with Crippen LogP contribution < -0.4 is 0 Å². The van der Waals surface area contributed by atoms with Crippen LogP contribution in [0.15, 0.2) is 6.07 Å². The lowest BCUT2D eigenvalue weighted by Crippen LogP contribution is -1.96. The Bertz CT molecular complexity index is 277. The molecule has 1 rings (SSSR count). The van der Waals surface area contributed by atoms with Crippen LogP contribution in [0.1, 0.15) is 20.1 Å². The van der Waals surface area contributed by atoms with Gasteiger partial charge in [-0.3, -0.25) is 0 Å². The smallest absolute Gasteiger partial charge is 0.346 e. The topological polar surface area (TPSA) is 57.5 Å². The lowest BCUT2D eigenvalue weighted by molar-refractivity contribution is 0.0699. The van der Waals surface area contributed by atoms with E-state index in [9.17, 15) is 4.79 Å². The molecule has 0 aliphatic heterocycles. The van der Waals surface area contributed by atoms with Crippen molar-refractivity contribution in [3.05, 3.63) is 21.4 Å². The van der Waals surface area contributed by atoms with Crippen molar-refractivity contribution in [2.45, 2.75) is 13.5 Å². The third-order valence-corrected chi connectivity index (χ3v) is 2.38. The molecule has 0 aliphatic carbocycles. The number of aryl methyl sites for hydroxylation is 1. The van der Waals surface area contributed by atoms with Crippen LogP contribution in [0.3, 0.4) is 0 Å². The van der Waals surface area contributed by atoms with E-state index >= 15 is 0 Å². The molecule has 1 aromatic rings. The van der Waals surface area contributed by atoms with Crippen LogP contribution in [0.25, 0.3) is 0 Å². The molecule has 3 nitrogen and oxygen atoms in total. The van der Waals surface area contributed by atoms with Gasteiger partial charge in [0, 0.05) is 10.4 Å². The van der Waals surface area contributed by atoms with Gasteiger partial charge in [-0.05, 0) is 13.0 Å². The molecule has 11 heavy (non-hydrogen) atoms. The van der Waals surface area contributed by atoms with Crippen LogP contribution in [0.2, 0.25) is 0 Å². The van der Waals surface area contributed by atoms with E-state index < -0.39 is 5.97 Å². The van der Waals surface area contributed by atoms with E-state index in [4.69, 9.17) is 10.2 Å². The summed E-state index contributed by atoms with van der Waals surface area (Å²) in [6.07, 6.45) is 0. The van der Waals surface area contributed by atoms with Gasteiger partial charge in [0.1, 0.15) is 4.88 Å². The minimum atomic E-state index is -0.966. The molecule has 2 N–H and O–H groups in total. The van der Waals surface area contributed by atoms with Gasteiger partial charge < -0.3 is 10.2 Å². The number of aliphatic hydroxyl groups excluding tert-OH is 1. The zero-order chi connectivity index (χ0) is 8.43. The zero-order valence-corrected chi connectivity index (χ0v) is 6.81. The Balaban J connectivity index is 3.12. The molecule has 0 amide bonds. The van der Waals surface area contributed by atoms with Crippen molar-refractivity contribution in [2.75, 3.05) is 0 Å². The summed E-state index contributed by atoms with van der Waals surface area (Å²) in [5.41, 5.74) is 0.500. The van der Waals surface area contributed by atoms with Gasteiger partial charge in [-0.1, -0.05) is 0 Å². The van der Waals surface area contributed by atoms with Crippen molar-refractivity contribution in [1.82, 2.24) is 0 Å². The van der Waals surface area contributed by atoms with Crippen LogP contribution in [-0.4, -0.2) is 16.2 Å². The van der Waals surface area contributed by atoms with Crippen molar-refractivity contribution >= 4 is 17.3 Å². The molecule has 0 atom stereocenters. The van der Waals surface area contributed by atoms with E-state index in [1.54, 1.807) is 6.07 Å². The van der Waals surface area contributed by atoms with E-state index in [1.807, 2.05) is 6.92 Å². The molecule has 0 saturated heterocycles. The number of thiophene rings is 1. The third kappa shape index (κ3) is 1.58. The first-order chi connectivity index (χ1) is 5.15. The molecule has 0 saturated carbocycles. The summed E-state index contributed by atoms with van der Waals surface area (Å²) in [4.78, 5) is 11.6. The van der Waals surface area contributed by atoms with Crippen LogP contribution in [-0.2, 0) is 6.61 Å². The van der Waals surface area contributed by atoms with Crippen LogP contribution in [0.4, 0.5) is 0 Å². The van der Waals surface area contributed by atoms with Gasteiger partial charge in [-0.25, -0.2) is 4.79 Å². The lowest BCUT2D eigenvalue weighted by atomic mass is 10.2. The average molecular weight is 172 g/mol. The molecule has 0 aliphatic rings. The van der Waals surface area contributed by atoms with Gasteiger partial charge in [-0.2, -0.15) is 0 Å². The molecule has 0 fully saturated rings. The highest BCUT2D eigenvalue weighted by Crippen LogP contribution is 2.21. The Morgan fingerprint density at radius 1 is 1.73 bits per heavy atom. The SMILES string of the molecule is Cc1cc(CO)c(C(=O)O)s1. The molecule has 0 spiro atoms. The van der Waals surface area contributed by atoms with E-state index in [2.05, 4.69) is 0 Å². The minimum absolute atomic E-state index is 0.202. The molecule has 1 aromatic heterocycles. The molecular formula is C7H8O3S. The Hall–Kier alpha value is -0.870. The predicted molar refractivity (Wildman–Crippen MR) is 41.9 cm³/mol. The molecular weight excluding hydrogens is 164 g/mol. The molecule has 0 radical (unpaired) electrons. The fourth-order valence-electron chi connectivity index (χ4n) is 0.865. The minimum Gasteiger partial charge on any atom is -0.477 e. The van der Waals surface area contributed by atoms with E-state index in [0.29, 0.717) is 5.56 Å². The maximum Gasteiger partial charge on any atom is 0.346 e. The molecule has 0 unspecified atom stereocenters. The van der Waals surface area contributed by atoms with Crippen molar-refractivity contribution in [2.24, 2.45) is 0 Å². The van der Waals surface area contributed by atoms with Crippen molar-refractivity contribution in [3.8, 4) is 0 Å². The second-order valence-corrected chi connectivity index (χ2v) is 3.43. The number of hydrogen-bond acceptors (Lipinski definition) is 3. The van der Waals surface area contributed by atoms with Gasteiger partial charge in [0.05, 0.1) is 6.61 Å². The normalized spacial score (nSPS) is 10.0. The van der Waals surface area contributed by atoms with Gasteiger partial charge in [0.25, 0.3) is 0 Å². The Morgan fingerprint density at radius 3 is 2.73 bits per heavy atom. The quantitative estimate of drug-likeness (QED) is 0.705. The van der Waals surface area contributed by atoms with Crippen molar-refractivity contribution in [3.63, 3.8) is 0 Å². The van der Waals surface area contributed by atoms with E-state index in [0.717, 1.165) is 4.88 Å². The largest absolute Gasteiger partial charge is 0.477 e. The summed E-state index contributed by atoms with van der Waals surface area (Å²) < 4.78 is 0.